The van der Waals surface area contributed by atoms with Gasteiger partial charge in [-0.05, 0) is 19.9 Å². The van der Waals surface area contributed by atoms with Gasteiger partial charge >= 0.3 is 0 Å². The quantitative estimate of drug-likeness (QED) is 0.843. The van der Waals surface area contributed by atoms with Crippen LogP contribution in [-0.2, 0) is 11.3 Å². The normalized spacial score (nSPS) is 10.4. The number of nitrogens with one attached hydrogen (secondary N) is 1. The van der Waals surface area contributed by atoms with Crippen LogP contribution in [0.3, 0.4) is 0 Å². The van der Waals surface area contributed by atoms with E-state index in [9.17, 15) is 4.79 Å². The van der Waals surface area contributed by atoms with Crippen LogP contribution in [-0.4, -0.2) is 18.6 Å². The van der Waals surface area contributed by atoms with Gasteiger partial charge in [-0.25, -0.2) is 0 Å². The topological polar surface area (TPSA) is 64.3 Å². The predicted octanol–water partition coefficient (Wildman–Crippen LogP) is 1.70. The molecule has 1 aromatic rings. The van der Waals surface area contributed by atoms with E-state index < -0.39 is 0 Å². The molecular formula is C12H17ClN2O2. The van der Waals surface area contributed by atoms with Crippen molar-refractivity contribution in [2.45, 2.75) is 26.4 Å². The van der Waals surface area contributed by atoms with Crippen molar-refractivity contribution >= 4 is 17.5 Å². The van der Waals surface area contributed by atoms with Crippen molar-refractivity contribution in [3.63, 3.8) is 0 Å². The van der Waals surface area contributed by atoms with Crippen molar-refractivity contribution in [3.05, 3.63) is 28.8 Å². The molecule has 1 aromatic carbocycles. The second kappa shape index (κ2) is 6.47. The Morgan fingerprint density at radius 1 is 1.53 bits per heavy atom. The highest BCUT2D eigenvalue weighted by atomic mass is 35.5. The third-order valence-electron chi connectivity index (χ3n) is 2.07. The monoisotopic (exact) mass is 256 g/mol. The van der Waals surface area contributed by atoms with E-state index in [-0.39, 0.29) is 18.6 Å². The largest absolute Gasteiger partial charge is 0.482 e. The van der Waals surface area contributed by atoms with Crippen molar-refractivity contribution in [1.29, 1.82) is 0 Å². The first kappa shape index (κ1) is 13.8. The van der Waals surface area contributed by atoms with Gasteiger partial charge in [-0.3, -0.25) is 4.79 Å². The molecule has 1 amide bonds. The van der Waals surface area contributed by atoms with E-state index in [0.717, 1.165) is 5.56 Å². The molecule has 0 saturated carbocycles. The molecule has 4 nitrogen and oxygen atoms in total. The van der Waals surface area contributed by atoms with Gasteiger partial charge in [0.15, 0.2) is 6.61 Å². The molecule has 0 heterocycles. The summed E-state index contributed by atoms with van der Waals surface area (Å²) in [6.07, 6.45) is 0. The summed E-state index contributed by atoms with van der Waals surface area (Å²) in [5.74, 6) is 0.304. The summed E-state index contributed by atoms with van der Waals surface area (Å²) in [4.78, 5) is 11.4. The molecule has 0 aromatic heterocycles. The van der Waals surface area contributed by atoms with E-state index >= 15 is 0 Å². The molecule has 0 aliphatic rings. The number of para-hydroxylation sites is 1. The molecule has 0 bridgehead atoms. The van der Waals surface area contributed by atoms with Crippen molar-refractivity contribution in [2.24, 2.45) is 5.73 Å². The smallest absolute Gasteiger partial charge is 0.258 e. The molecule has 0 unspecified atom stereocenters. The van der Waals surface area contributed by atoms with Gasteiger partial charge in [0.2, 0.25) is 0 Å². The van der Waals surface area contributed by atoms with Gasteiger partial charge in [0.25, 0.3) is 5.91 Å². The van der Waals surface area contributed by atoms with Gasteiger partial charge < -0.3 is 15.8 Å². The van der Waals surface area contributed by atoms with Crippen molar-refractivity contribution < 1.29 is 9.53 Å². The fourth-order valence-corrected chi connectivity index (χ4v) is 1.63. The molecule has 0 aliphatic carbocycles. The number of ether oxygens (including phenoxy) is 1. The van der Waals surface area contributed by atoms with Gasteiger partial charge in [0.05, 0.1) is 5.02 Å². The molecular weight excluding hydrogens is 240 g/mol. The van der Waals surface area contributed by atoms with E-state index in [4.69, 9.17) is 22.1 Å². The van der Waals surface area contributed by atoms with Crippen LogP contribution in [0.4, 0.5) is 0 Å². The molecule has 0 saturated heterocycles. The molecule has 17 heavy (non-hydrogen) atoms. The summed E-state index contributed by atoms with van der Waals surface area (Å²) >= 11 is 5.99. The van der Waals surface area contributed by atoms with Crippen molar-refractivity contribution in [2.75, 3.05) is 6.61 Å². The molecule has 0 aliphatic heterocycles. The summed E-state index contributed by atoms with van der Waals surface area (Å²) in [6.45, 7) is 4.04. The van der Waals surface area contributed by atoms with Crippen LogP contribution in [0.15, 0.2) is 18.2 Å². The number of benzene rings is 1. The molecule has 0 atom stereocenters. The zero-order chi connectivity index (χ0) is 12.8. The van der Waals surface area contributed by atoms with Gasteiger partial charge in [-0.2, -0.15) is 0 Å². The van der Waals surface area contributed by atoms with Crippen LogP contribution >= 0.6 is 11.6 Å². The number of rotatable bonds is 5. The SMILES string of the molecule is CC(C)NC(=O)COc1c(Cl)cccc1CN. The van der Waals surface area contributed by atoms with E-state index in [1.54, 1.807) is 12.1 Å². The maximum absolute atomic E-state index is 11.4. The highest BCUT2D eigenvalue weighted by Crippen LogP contribution is 2.28. The predicted molar refractivity (Wildman–Crippen MR) is 68.1 cm³/mol. The van der Waals surface area contributed by atoms with E-state index in [0.29, 0.717) is 17.3 Å². The third kappa shape index (κ3) is 4.24. The fraction of sp³-hybridized carbons (Fsp3) is 0.417. The van der Waals surface area contributed by atoms with E-state index in [1.807, 2.05) is 19.9 Å². The van der Waals surface area contributed by atoms with Crippen LogP contribution in [0, 0.1) is 0 Å². The maximum atomic E-state index is 11.4. The first-order chi connectivity index (χ1) is 8.04. The summed E-state index contributed by atoms with van der Waals surface area (Å²) in [6, 6.07) is 5.41. The maximum Gasteiger partial charge on any atom is 0.258 e. The lowest BCUT2D eigenvalue weighted by atomic mass is 10.2. The zero-order valence-corrected chi connectivity index (χ0v) is 10.8. The average molecular weight is 257 g/mol. The Bertz CT molecular complexity index is 394. The van der Waals surface area contributed by atoms with Gasteiger partial charge in [0.1, 0.15) is 5.75 Å². The van der Waals surface area contributed by atoms with Gasteiger partial charge in [0, 0.05) is 18.2 Å². The van der Waals surface area contributed by atoms with Crippen LogP contribution in [0.5, 0.6) is 5.75 Å². The number of carbonyl (C=O) groups is 1. The van der Waals surface area contributed by atoms with Crippen LogP contribution in [0.1, 0.15) is 19.4 Å². The van der Waals surface area contributed by atoms with Gasteiger partial charge in [-0.15, -0.1) is 0 Å². The molecule has 94 valence electrons. The molecule has 5 heteroatoms. The van der Waals surface area contributed by atoms with E-state index in [2.05, 4.69) is 5.32 Å². The van der Waals surface area contributed by atoms with E-state index in [1.165, 1.54) is 0 Å². The Labute approximate surface area is 106 Å². The number of carbonyl (C=O) groups excluding carboxylic acids is 1. The number of amides is 1. The lowest BCUT2D eigenvalue weighted by molar-refractivity contribution is -0.123. The molecule has 0 spiro atoms. The van der Waals surface area contributed by atoms with Gasteiger partial charge in [-0.1, -0.05) is 23.7 Å². The Morgan fingerprint density at radius 2 is 2.24 bits per heavy atom. The summed E-state index contributed by atoms with van der Waals surface area (Å²) in [5.41, 5.74) is 6.35. The zero-order valence-electron chi connectivity index (χ0n) is 10.00. The fourth-order valence-electron chi connectivity index (χ4n) is 1.38. The molecule has 1 rings (SSSR count). The first-order valence-electron chi connectivity index (χ1n) is 5.44. The third-order valence-corrected chi connectivity index (χ3v) is 2.36. The second-order valence-corrected chi connectivity index (χ2v) is 4.35. The molecule has 3 N–H and O–H groups in total. The highest BCUT2D eigenvalue weighted by molar-refractivity contribution is 6.32. The lowest BCUT2D eigenvalue weighted by Crippen LogP contribution is -2.34. The Balaban J connectivity index is 2.65. The average Bonchev–Trinajstić information content (AvgIpc) is 2.26. The number of halogens is 1. The first-order valence-corrected chi connectivity index (χ1v) is 5.82. The minimum absolute atomic E-state index is 0.0606. The Kier molecular flexibility index (Phi) is 5.25. The summed E-state index contributed by atoms with van der Waals surface area (Å²) in [7, 11) is 0. The number of nitrogens with two attached hydrogens (primary N) is 1. The minimum Gasteiger partial charge on any atom is -0.482 e. The minimum atomic E-state index is -0.178. The second-order valence-electron chi connectivity index (χ2n) is 3.94. The Hall–Kier alpha value is -1.26. The lowest BCUT2D eigenvalue weighted by Gasteiger charge is -2.13. The van der Waals surface area contributed by atoms with Crippen LogP contribution in [0.2, 0.25) is 5.02 Å². The summed E-state index contributed by atoms with van der Waals surface area (Å²) in [5, 5.41) is 3.19. The standard InChI is InChI=1S/C12H17ClN2O2/c1-8(2)15-11(16)7-17-12-9(6-14)4-3-5-10(12)13/h3-5,8H,6-7,14H2,1-2H3,(H,15,16). The van der Waals surface area contributed by atoms with Crippen LogP contribution < -0.4 is 15.8 Å². The molecule has 0 radical (unpaired) electrons. The molecule has 0 fully saturated rings. The number of hydrogen-bond donors (Lipinski definition) is 2. The highest BCUT2D eigenvalue weighted by Gasteiger charge is 2.10. The van der Waals surface area contributed by atoms with Crippen LogP contribution in [0.25, 0.3) is 0 Å². The Morgan fingerprint density at radius 3 is 2.82 bits per heavy atom. The van der Waals surface area contributed by atoms with Crippen molar-refractivity contribution in [1.82, 2.24) is 5.32 Å². The number of hydrogen-bond acceptors (Lipinski definition) is 3. The summed E-state index contributed by atoms with van der Waals surface area (Å²) < 4.78 is 5.40. The van der Waals surface area contributed by atoms with Crippen molar-refractivity contribution in [3.8, 4) is 5.75 Å².